The van der Waals surface area contributed by atoms with Gasteiger partial charge in [0.2, 0.25) is 0 Å². The molecule has 3 aromatic rings. The van der Waals surface area contributed by atoms with E-state index in [2.05, 4.69) is 42.5 Å². The number of nitrogens with zero attached hydrogens (tertiary/aromatic N) is 1. The first kappa shape index (κ1) is 14.3. The average molecular weight is 303 g/mol. The van der Waals surface area contributed by atoms with Crippen molar-refractivity contribution in [3.8, 4) is 5.75 Å². The Kier molecular flexibility index (Phi) is 3.97. The summed E-state index contributed by atoms with van der Waals surface area (Å²) in [5, 5.41) is 1.17. The maximum atomic E-state index is 6.12. The van der Waals surface area contributed by atoms with Gasteiger partial charge in [-0.25, -0.2) is 4.98 Å². The van der Waals surface area contributed by atoms with Gasteiger partial charge in [0.15, 0.2) is 0 Å². The summed E-state index contributed by atoms with van der Waals surface area (Å²) in [6.07, 6.45) is 5.25. The highest BCUT2D eigenvalue weighted by atomic mass is 16.5. The summed E-state index contributed by atoms with van der Waals surface area (Å²) >= 11 is 0. The summed E-state index contributed by atoms with van der Waals surface area (Å²) in [7, 11) is 0. The highest BCUT2D eigenvalue weighted by molar-refractivity contribution is 5.78. The summed E-state index contributed by atoms with van der Waals surface area (Å²) in [6.45, 7) is 0.522. The van der Waals surface area contributed by atoms with E-state index in [0.717, 1.165) is 17.0 Å². The highest BCUT2D eigenvalue weighted by Crippen LogP contribution is 2.38. The second-order valence-electron chi connectivity index (χ2n) is 6.30. The fraction of sp³-hybridized carbons (Fsp3) is 0.286. The smallest absolute Gasteiger partial charge is 0.130 e. The van der Waals surface area contributed by atoms with Gasteiger partial charge in [0, 0.05) is 5.39 Å². The summed E-state index contributed by atoms with van der Waals surface area (Å²) < 4.78 is 6.12. The van der Waals surface area contributed by atoms with Gasteiger partial charge in [-0.15, -0.1) is 0 Å². The van der Waals surface area contributed by atoms with Gasteiger partial charge >= 0.3 is 0 Å². The van der Waals surface area contributed by atoms with E-state index >= 15 is 0 Å². The predicted molar refractivity (Wildman–Crippen MR) is 93.7 cm³/mol. The molecule has 2 aromatic carbocycles. The zero-order valence-corrected chi connectivity index (χ0v) is 13.2. The first-order valence-corrected chi connectivity index (χ1v) is 8.46. The molecule has 0 saturated heterocycles. The Bertz CT molecular complexity index is 806. The number of hydrogen-bond donors (Lipinski definition) is 0. The van der Waals surface area contributed by atoms with Crippen LogP contribution in [0.2, 0.25) is 0 Å². The molecule has 1 fully saturated rings. The number of rotatable bonds is 4. The number of fused-ring (bicyclic) bond motifs is 1. The molecule has 1 aliphatic rings. The molecule has 0 amide bonds. The first-order valence-electron chi connectivity index (χ1n) is 8.46. The van der Waals surface area contributed by atoms with E-state index in [9.17, 15) is 0 Å². The number of aromatic nitrogens is 1. The van der Waals surface area contributed by atoms with E-state index in [1.54, 1.807) is 0 Å². The minimum atomic E-state index is 0.522. The zero-order chi connectivity index (χ0) is 15.5. The van der Waals surface area contributed by atoms with Crippen molar-refractivity contribution in [2.24, 2.45) is 0 Å². The van der Waals surface area contributed by atoms with Gasteiger partial charge in [0.25, 0.3) is 0 Å². The lowest BCUT2D eigenvalue weighted by Gasteiger charge is -2.16. The van der Waals surface area contributed by atoms with Crippen molar-refractivity contribution < 1.29 is 4.74 Å². The van der Waals surface area contributed by atoms with Gasteiger partial charge in [-0.05, 0) is 42.5 Å². The molecule has 0 radical (unpaired) electrons. The molecule has 1 aromatic heterocycles. The predicted octanol–water partition coefficient (Wildman–Crippen LogP) is 5.47. The molecular weight excluding hydrogens is 282 g/mol. The van der Waals surface area contributed by atoms with Crippen LogP contribution in [0.15, 0.2) is 60.7 Å². The minimum Gasteiger partial charge on any atom is -0.487 e. The fourth-order valence-corrected chi connectivity index (χ4v) is 3.53. The summed E-state index contributed by atoms with van der Waals surface area (Å²) in [5.74, 6) is 1.69. The van der Waals surface area contributed by atoms with E-state index in [1.807, 2.05) is 18.2 Å². The largest absolute Gasteiger partial charge is 0.487 e. The van der Waals surface area contributed by atoms with Crippen LogP contribution in [0.25, 0.3) is 10.9 Å². The van der Waals surface area contributed by atoms with Gasteiger partial charge in [-0.3, -0.25) is 0 Å². The van der Waals surface area contributed by atoms with Crippen molar-refractivity contribution in [2.75, 3.05) is 0 Å². The highest BCUT2D eigenvalue weighted by Gasteiger charge is 2.20. The van der Waals surface area contributed by atoms with Crippen LogP contribution in [0, 0.1) is 0 Å². The lowest BCUT2D eigenvalue weighted by molar-refractivity contribution is 0.296. The SMILES string of the molecule is c1ccc(C2CCCC2)c(OCc2ccc3ccccc3n2)c1. The van der Waals surface area contributed by atoms with E-state index < -0.39 is 0 Å². The zero-order valence-electron chi connectivity index (χ0n) is 13.2. The van der Waals surface area contributed by atoms with Gasteiger partial charge in [0.05, 0.1) is 11.2 Å². The van der Waals surface area contributed by atoms with E-state index in [4.69, 9.17) is 9.72 Å². The molecule has 4 rings (SSSR count). The lowest BCUT2D eigenvalue weighted by Crippen LogP contribution is -2.02. The molecule has 1 saturated carbocycles. The second-order valence-corrected chi connectivity index (χ2v) is 6.30. The van der Waals surface area contributed by atoms with Crippen LogP contribution in [0.3, 0.4) is 0 Å². The van der Waals surface area contributed by atoms with Crippen LogP contribution in [0.5, 0.6) is 5.75 Å². The number of benzene rings is 2. The summed E-state index contributed by atoms with van der Waals surface area (Å²) in [5.41, 5.74) is 3.37. The molecule has 2 nitrogen and oxygen atoms in total. The molecule has 0 N–H and O–H groups in total. The van der Waals surface area contributed by atoms with E-state index in [0.29, 0.717) is 12.5 Å². The minimum absolute atomic E-state index is 0.522. The molecule has 116 valence electrons. The molecule has 0 spiro atoms. The van der Waals surface area contributed by atoms with Gasteiger partial charge in [0.1, 0.15) is 12.4 Å². The summed E-state index contributed by atoms with van der Waals surface area (Å²) in [4.78, 5) is 4.69. The van der Waals surface area contributed by atoms with Gasteiger partial charge in [-0.1, -0.05) is 55.3 Å². The monoisotopic (exact) mass is 303 g/mol. The molecule has 23 heavy (non-hydrogen) atoms. The molecule has 1 aliphatic carbocycles. The average Bonchev–Trinajstić information content (AvgIpc) is 3.14. The van der Waals surface area contributed by atoms with Crippen LogP contribution in [0.4, 0.5) is 0 Å². The normalized spacial score (nSPS) is 15.1. The van der Waals surface area contributed by atoms with Crippen LogP contribution >= 0.6 is 0 Å². The van der Waals surface area contributed by atoms with E-state index in [-0.39, 0.29) is 0 Å². The van der Waals surface area contributed by atoms with Crippen molar-refractivity contribution in [1.82, 2.24) is 4.98 Å². The number of ether oxygens (including phenoxy) is 1. The maximum Gasteiger partial charge on any atom is 0.130 e. The molecule has 0 unspecified atom stereocenters. The third-order valence-electron chi connectivity index (χ3n) is 4.75. The molecule has 0 bridgehead atoms. The van der Waals surface area contributed by atoms with Crippen LogP contribution < -0.4 is 4.74 Å². The van der Waals surface area contributed by atoms with Gasteiger partial charge in [-0.2, -0.15) is 0 Å². The second kappa shape index (κ2) is 6.41. The summed E-state index contributed by atoms with van der Waals surface area (Å²) in [6, 6.07) is 20.9. The quantitative estimate of drug-likeness (QED) is 0.637. The van der Waals surface area contributed by atoms with Gasteiger partial charge < -0.3 is 4.74 Å². The van der Waals surface area contributed by atoms with Crippen molar-refractivity contribution >= 4 is 10.9 Å². The molecule has 1 heterocycles. The third-order valence-corrected chi connectivity index (χ3v) is 4.75. The first-order chi connectivity index (χ1) is 11.4. The van der Waals surface area contributed by atoms with Crippen LogP contribution in [-0.2, 0) is 6.61 Å². The fourth-order valence-electron chi connectivity index (χ4n) is 3.53. The number of hydrogen-bond acceptors (Lipinski definition) is 2. The molecule has 0 atom stereocenters. The van der Waals surface area contributed by atoms with E-state index in [1.165, 1.54) is 36.6 Å². The standard InChI is InChI=1S/C21H21NO/c1-2-8-16(7-1)19-10-4-6-12-21(19)23-15-18-14-13-17-9-3-5-11-20(17)22-18/h3-6,9-14,16H,1-2,7-8,15H2. The van der Waals surface area contributed by atoms with Crippen LogP contribution in [0.1, 0.15) is 42.9 Å². The Labute approximate surface area is 137 Å². The molecular formula is C21H21NO. The maximum absolute atomic E-state index is 6.12. The Morgan fingerprint density at radius 1 is 0.870 bits per heavy atom. The Hall–Kier alpha value is -2.35. The topological polar surface area (TPSA) is 22.1 Å². The molecule has 2 heteroatoms. The number of para-hydroxylation sites is 2. The lowest BCUT2D eigenvalue weighted by atomic mass is 9.97. The van der Waals surface area contributed by atoms with Crippen molar-refractivity contribution in [1.29, 1.82) is 0 Å². The Morgan fingerprint density at radius 2 is 1.65 bits per heavy atom. The Morgan fingerprint density at radius 3 is 2.57 bits per heavy atom. The van der Waals surface area contributed by atoms with Crippen molar-refractivity contribution in [3.05, 3.63) is 71.9 Å². The third kappa shape index (κ3) is 3.07. The van der Waals surface area contributed by atoms with Crippen molar-refractivity contribution in [3.63, 3.8) is 0 Å². The Balaban J connectivity index is 1.54. The number of pyridine rings is 1. The van der Waals surface area contributed by atoms with Crippen LogP contribution in [-0.4, -0.2) is 4.98 Å². The molecule has 0 aliphatic heterocycles. The van der Waals surface area contributed by atoms with Crippen molar-refractivity contribution in [2.45, 2.75) is 38.2 Å².